The number of nitrogens with one attached hydrogen (secondary N) is 4. The Morgan fingerprint density at radius 3 is 1.45 bits per heavy atom. The summed E-state index contributed by atoms with van der Waals surface area (Å²) < 4.78 is 6.48. The number of aliphatic carboxylic acids is 2. The molecule has 2 aliphatic heterocycles. The lowest BCUT2D eigenvalue weighted by Crippen LogP contribution is -2.63. The van der Waals surface area contributed by atoms with Crippen molar-refractivity contribution in [1.29, 1.82) is 0 Å². The van der Waals surface area contributed by atoms with Crippen molar-refractivity contribution in [3.05, 3.63) is 95.1 Å². The zero-order valence-corrected chi connectivity index (χ0v) is 75.2. The third-order valence-corrected chi connectivity index (χ3v) is 21.9. The highest BCUT2D eigenvalue weighted by Gasteiger charge is 2.46. The van der Waals surface area contributed by atoms with Gasteiger partial charge in [0, 0.05) is 79.2 Å². The summed E-state index contributed by atoms with van der Waals surface area (Å²) in [5.41, 5.74) is 1.85. The number of likely N-dealkylation sites (N-methyl/N-ethyl adjacent to an activating group) is 7. The van der Waals surface area contributed by atoms with E-state index in [1.165, 1.54) is 113 Å². The number of carboxylic acid groups (broad SMARTS) is 2. The standard InChI is InChI=1S/C62H111N11O12.C21H26ClNO.C4H4O4/c1-25-27-28-40(15)52(75)51-56(79)65-43(26-2)58(81)67(18)33-48(74)68(19)44(29-34(3)4)55(78)66-49(38(11)12)61(84)69(20)45(30-35(5)6)54(77)63-41(16)53(76)64-42(17)57(80)70(21)46(31-36(7)8)59(82)71(22)47(32-37(9)10)60(83)72(23)50(39(13)14)62(85)73(51)24;1-21(17-7-4-3-5-8-17,18-10-12-19(22)13-11-18)24-16-14-20-9-6-15-23(20)2;5-3(6)1-2-4(7)8/h25,27,34-47,49-52,75H,26,28-33H2,1-24H3,(H,63,77)(H,64,76)(H,65,79)(H,66,78);3-5,7-8,10-13,20H,6,9,14-16H2,1-2H3;1-2H,(H,5,6)(H,7,8). The Balaban J connectivity index is 0.00000118. The molecule has 7 N–H and O–H groups in total. The Morgan fingerprint density at radius 2 is 0.991 bits per heavy atom. The van der Waals surface area contributed by atoms with Gasteiger partial charge in [-0.15, -0.1) is 0 Å². The zero-order valence-electron chi connectivity index (χ0n) is 74.5. The van der Waals surface area contributed by atoms with Gasteiger partial charge in [0.25, 0.3) is 0 Å². The van der Waals surface area contributed by atoms with Crippen molar-refractivity contribution >= 4 is 88.5 Å². The van der Waals surface area contributed by atoms with Gasteiger partial charge in [0.15, 0.2) is 0 Å². The Kier molecular flexibility index (Phi) is 44.2. The van der Waals surface area contributed by atoms with Crippen molar-refractivity contribution in [1.82, 2.24) is 60.5 Å². The van der Waals surface area contributed by atoms with Crippen LogP contribution in [0.1, 0.15) is 194 Å². The number of aliphatic hydroxyl groups is 1. The predicted octanol–water partition coefficient (Wildman–Crippen LogP) is 8.09. The third-order valence-electron chi connectivity index (χ3n) is 21.7. The summed E-state index contributed by atoms with van der Waals surface area (Å²) >= 11 is 6.07. The zero-order chi connectivity index (χ0) is 89.5. The molecule has 2 heterocycles. The minimum Gasteiger partial charge on any atom is -0.478 e. The van der Waals surface area contributed by atoms with Crippen LogP contribution in [0, 0.1) is 41.4 Å². The van der Waals surface area contributed by atoms with E-state index in [1.54, 1.807) is 54.5 Å². The largest absolute Gasteiger partial charge is 0.478 e. The van der Waals surface area contributed by atoms with E-state index >= 15 is 9.59 Å². The molecule has 0 saturated carbocycles. The molecular formula is C87H141ClN12O17. The molecule has 2 aliphatic rings. The molecule has 2 aromatic carbocycles. The van der Waals surface area contributed by atoms with Gasteiger partial charge in [-0.05, 0) is 164 Å². The summed E-state index contributed by atoms with van der Waals surface area (Å²) in [5, 5.41) is 39.4. The fourth-order valence-electron chi connectivity index (χ4n) is 14.4. The van der Waals surface area contributed by atoms with Crippen LogP contribution in [0.5, 0.6) is 0 Å². The van der Waals surface area contributed by atoms with E-state index in [2.05, 4.69) is 76.5 Å². The second-order valence-corrected chi connectivity index (χ2v) is 34.4. The molecule has 14 atom stereocenters. The number of rotatable bonds is 23. The van der Waals surface area contributed by atoms with Crippen molar-refractivity contribution in [3.8, 4) is 0 Å². The van der Waals surface area contributed by atoms with Gasteiger partial charge < -0.3 is 80.5 Å². The van der Waals surface area contributed by atoms with Gasteiger partial charge in [-0.25, -0.2) is 9.59 Å². The van der Waals surface area contributed by atoms with Crippen LogP contribution in [0.2, 0.25) is 5.02 Å². The molecule has 4 rings (SSSR count). The van der Waals surface area contributed by atoms with Gasteiger partial charge >= 0.3 is 11.9 Å². The van der Waals surface area contributed by atoms with E-state index in [0.717, 1.165) is 33.4 Å². The number of hydrogen-bond donors (Lipinski definition) is 7. The minimum atomic E-state index is -1.61. The van der Waals surface area contributed by atoms with Crippen molar-refractivity contribution in [2.45, 2.75) is 261 Å². The lowest BCUT2D eigenvalue weighted by molar-refractivity contribution is -0.157. The van der Waals surface area contributed by atoms with Crippen LogP contribution in [0.4, 0.5) is 0 Å². The highest BCUT2D eigenvalue weighted by molar-refractivity contribution is 6.30. The summed E-state index contributed by atoms with van der Waals surface area (Å²) in [5.74, 6) is -12.2. The SMILES string of the molecule is CC=CCC(C)C(O)C1C(=O)NC(CC)C(=O)N(C)CC(=O)N(C)C(CC(C)C)C(=O)NC(C(C)C)C(=O)N(C)C(CC(C)C)C(=O)NC(C)C(=O)NC(C)C(=O)N(C)C(CC(C)C)C(=O)N(C)C(CC(C)C)C(=O)N(C)C(C(C)C)C(=O)N1C.CN1CCCC1CCOC(C)(c1ccccc1)c1ccc(Cl)cc1.O=C(O)C=CC(=O)O. The Bertz CT molecular complexity index is 3640. The summed E-state index contributed by atoms with van der Waals surface area (Å²) in [6, 6.07) is 6.77. The van der Waals surface area contributed by atoms with Gasteiger partial charge in [-0.1, -0.05) is 163 Å². The summed E-state index contributed by atoms with van der Waals surface area (Å²) in [4.78, 5) is 190. The number of likely N-dealkylation sites (tertiary alicyclic amines) is 1. The first-order valence-electron chi connectivity index (χ1n) is 41.1. The number of aliphatic hydroxyl groups excluding tert-OH is 1. The molecule has 658 valence electrons. The summed E-state index contributed by atoms with van der Waals surface area (Å²) in [6.07, 6.45) is 7.82. The van der Waals surface area contributed by atoms with Gasteiger partial charge in [0.2, 0.25) is 65.0 Å². The maximum Gasteiger partial charge on any atom is 0.328 e. The van der Waals surface area contributed by atoms with Crippen LogP contribution in [-0.4, -0.2) is 280 Å². The van der Waals surface area contributed by atoms with Gasteiger partial charge in [-0.2, -0.15) is 0 Å². The molecule has 14 unspecified atom stereocenters. The van der Waals surface area contributed by atoms with Gasteiger partial charge in [0.1, 0.15) is 66.0 Å². The van der Waals surface area contributed by atoms with Crippen LogP contribution in [0.25, 0.3) is 0 Å². The number of ether oxygens (including phenoxy) is 1. The second-order valence-electron chi connectivity index (χ2n) is 33.9. The molecule has 2 aromatic rings. The van der Waals surface area contributed by atoms with Crippen molar-refractivity contribution in [3.63, 3.8) is 0 Å². The monoisotopic (exact) mass is 1660 g/mol. The topological polar surface area (TPSA) is 366 Å². The number of halogens is 1. The third kappa shape index (κ3) is 31.8. The van der Waals surface area contributed by atoms with E-state index in [-0.39, 0.29) is 55.8 Å². The molecular weight excluding hydrogens is 1520 g/mol. The normalized spacial score (nSPS) is 24.5. The number of amides is 11. The molecule has 30 heteroatoms. The second kappa shape index (κ2) is 49.6. The van der Waals surface area contributed by atoms with E-state index in [0.29, 0.717) is 24.6 Å². The molecule has 0 spiro atoms. The maximum absolute atomic E-state index is 15.1. The first-order chi connectivity index (χ1) is 54.4. The van der Waals surface area contributed by atoms with Crippen LogP contribution < -0.4 is 21.3 Å². The summed E-state index contributed by atoms with van der Waals surface area (Å²) in [7, 11) is 12.1. The lowest BCUT2D eigenvalue weighted by atomic mass is 9.88. The number of hydrogen-bond acceptors (Lipinski definition) is 16. The molecule has 0 aromatic heterocycles. The highest BCUT2D eigenvalue weighted by Crippen LogP contribution is 2.35. The van der Waals surface area contributed by atoms with Crippen LogP contribution in [-0.2, 0) is 72.7 Å². The number of carbonyl (C=O) groups excluding carboxylic acids is 11. The molecule has 117 heavy (non-hydrogen) atoms. The molecule has 0 bridgehead atoms. The minimum absolute atomic E-state index is 0.0229. The highest BCUT2D eigenvalue weighted by atomic mass is 35.5. The van der Waals surface area contributed by atoms with Gasteiger partial charge in [0.05, 0.1) is 12.6 Å². The lowest BCUT2D eigenvalue weighted by Gasteiger charge is -2.41. The summed E-state index contributed by atoms with van der Waals surface area (Å²) in [6.45, 7) is 33.4. The maximum atomic E-state index is 15.1. The van der Waals surface area contributed by atoms with E-state index in [4.69, 9.17) is 26.6 Å². The van der Waals surface area contributed by atoms with E-state index in [1.807, 2.05) is 79.7 Å². The smallest absolute Gasteiger partial charge is 0.328 e. The van der Waals surface area contributed by atoms with Crippen LogP contribution in [0.3, 0.4) is 0 Å². The molecule has 2 saturated heterocycles. The average Bonchev–Trinajstić information content (AvgIpc) is 1.03. The first-order valence-corrected chi connectivity index (χ1v) is 41.5. The molecule has 0 radical (unpaired) electrons. The molecule has 29 nitrogen and oxygen atoms in total. The van der Waals surface area contributed by atoms with Crippen molar-refractivity contribution < 1.29 is 82.4 Å². The number of carboxylic acids is 2. The number of carbonyl (C=O) groups is 13. The first kappa shape index (κ1) is 104. The van der Waals surface area contributed by atoms with Crippen LogP contribution in [0.15, 0.2) is 78.9 Å². The predicted molar refractivity (Wildman–Crippen MR) is 453 cm³/mol. The Labute approximate surface area is 701 Å². The van der Waals surface area contributed by atoms with E-state index in [9.17, 15) is 57.8 Å². The van der Waals surface area contributed by atoms with E-state index < -0.39 is 173 Å². The van der Waals surface area contributed by atoms with Gasteiger partial charge in [-0.3, -0.25) is 52.7 Å². The Hall–Kier alpha value is -8.80. The fourth-order valence-corrected chi connectivity index (χ4v) is 14.6. The van der Waals surface area contributed by atoms with Crippen molar-refractivity contribution in [2.75, 3.05) is 76.1 Å². The molecule has 0 aliphatic carbocycles. The molecule has 2 fully saturated rings. The Morgan fingerprint density at radius 1 is 0.538 bits per heavy atom. The molecule has 11 amide bonds. The van der Waals surface area contributed by atoms with Crippen LogP contribution >= 0.6 is 11.6 Å². The average molecular weight is 1660 g/mol. The number of nitrogens with zero attached hydrogens (tertiary/aromatic N) is 8. The van der Waals surface area contributed by atoms with Crippen molar-refractivity contribution in [2.24, 2.45) is 41.4 Å². The fraction of sp³-hybridized carbons (Fsp3) is 0.667. The number of allylic oxidation sites excluding steroid dienone is 2. The number of benzene rings is 2. The quantitative estimate of drug-likeness (QED) is 0.0408.